The van der Waals surface area contributed by atoms with Gasteiger partial charge in [-0.05, 0) is 61.7 Å². The maximum Gasteiger partial charge on any atom is 0.302 e. The number of hydrogen-bond acceptors (Lipinski definition) is 6. The van der Waals surface area contributed by atoms with Crippen LogP contribution in [0.5, 0.6) is 0 Å². The second kappa shape index (κ2) is 7.60. The molecule has 0 saturated heterocycles. The molecule has 4 aliphatic rings. The van der Waals surface area contributed by atoms with E-state index in [1.54, 1.807) is 0 Å². The maximum atomic E-state index is 12.3. The third-order valence-corrected chi connectivity index (χ3v) is 10.4. The summed E-state index contributed by atoms with van der Waals surface area (Å²) in [6.45, 7) is 7.17. The van der Waals surface area contributed by atoms with Crippen LogP contribution in [-0.4, -0.2) is 40.0 Å². The SMILES string of the molecule is CC(=O)OC1CC[C@]2(C)[C@H]3CC[C@]4(C)C(OC(C)=O)CC[C@H]4[C@@H]3CC([N+](=O)[O-])C2(Cl)C1. The molecule has 4 fully saturated rings. The number of ether oxygens (including phenoxy) is 2. The van der Waals surface area contributed by atoms with Gasteiger partial charge in [-0.15, -0.1) is 11.6 Å². The number of halogens is 1. The molecule has 0 spiro atoms. The molecule has 31 heavy (non-hydrogen) atoms. The fourth-order valence-corrected chi connectivity index (χ4v) is 8.71. The molecule has 4 aliphatic carbocycles. The number of nitrogens with zero attached hydrogens (tertiary/aromatic N) is 1. The van der Waals surface area contributed by atoms with Crippen LogP contribution in [0.15, 0.2) is 0 Å². The Labute approximate surface area is 188 Å². The molecular formula is C23H34ClNO6. The van der Waals surface area contributed by atoms with Gasteiger partial charge in [0.1, 0.15) is 17.1 Å². The van der Waals surface area contributed by atoms with Crippen LogP contribution < -0.4 is 0 Å². The van der Waals surface area contributed by atoms with Crippen LogP contribution in [0.4, 0.5) is 0 Å². The Kier molecular flexibility index (Phi) is 5.59. The summed E-state index contributed by atoms with van der Waals surface area (Å²) >= 11 is 7.25. The number of rotatable bonds is 3. The van der Waals surface area contributed by atoms with Crippen molar-refractivity contribution in [1.82, 2.24) is 0 Å². The maximum absolute atomic E-state index is 12.3. The van der Waals surface area contributed by atoms with Crippen molar-refractivity contribution in [2.75, 3.05) is 0 Å². The van der Waals surface area contributed by atoms with Gasteiger partial charge in [-0.1, -0.05) is 13.8 Å². The lowest BCUT2D eigenvalue weighted by Crippen LogP contribution is -2.68. The van der Waals surface area contributed by atoms with Crippen molar-refractivity contribution in [3.8, 4) is 0 Å². The zero-order valence-electron chi connectivity index (χ0n) is 18.9. The number of esters is 2. The summed E-state index contributed by atoms with van der Waals surface area (Å²) in [7, 11) is 0. The fraction of sp³-hybridized carbons (Fsp3) is 0.913. The zero-order valence-corrected chi connectivity index (χ0v) is 19.7. The predicted octanol–water partition coefficient (Wildman–Crippen LogP) is 4.51. The summed E-state index contributed by atoms with van der Waals surface area (Å²) in [5.41, 5.74) is -0.529. The standard InChI is InChI=1S/C23H34ClNO6/c1-13(26)30-15-7-10-22(4)18-8-9-21(3)17(5-6-20(21)31-14(2)27)16(18)11-19(25(28)29)23(22,24)12-15/h15-20H,5-12H2,1-4H3/t15?,16-,17-,18-,19?,20?,21-,22+,23?/m0/s1. The second-order valence-electron chi connectivity index (χ2n) is 10.9. The molecule has 0 aromatic heterocycles. The molecule has 0 aromatic rings. The summed E-state index contributed by atoms with van der Waals surface area (Å²) in [4.78, 5) is 34.3. The van der Waals surface area contributed by atoms with E-state index in [1.807, 2.05) is 0 Å². The van der Waals surface area contributed by atoms with Gasteiger partial charge in [-0.25, -0.2) is 0 Å². The van der Waals surface area contributed by atoms with Crippen molar-refractivity contribution in [1.29, 1.82) is 0 Å². The molecule has 0 bridgehead atoms. The Balaban J connectivity index is 1.67. The minimum Gasteiger partial charge on any atom is -0.462 e. The quantitative estimate of drug-likeness (QED) is 0.269. The molecule has 0 aromatic carbocycles. The fourth-order valence-electron chi connectivity index (χ4n) is 8.13. The van der Waals surface area contributed by atoms with Gasteiger partial charge in [-0.2, -0.15) is 0 Å². The highest BCUT2D eigenvalue weighted by molar-refractivity contribution is 6.25. The predicted molar refractivity (Wildman–Crippen MR) is 114 cm³/mol. The van der Waals surface area contributed by atoms with Gasteiger partial charge < -0.3 is 9.47 Å². The molecule has 7 nitrogen and oxygen atoms in total. The molecule has 4 rings (SSSR count). The van der Waals surface area contributed by atoms with E-state index < -0.39 is 16.3 Å². The molecule has 8 heteroatoms. The third kappa shape index (κ3) is 3.37. The molecule has 9 atom stereocenters. The minimum atomic E-state index is -1.03. The average Bonchev–Trinajstić information content (AvgIpc) is 2.97. The monoisotopic (exact) mass is 455 g/mol. The first-order valence-corrected chi connectivity index (χ1v) is 12.0. The van der Waals surface area contributed by atoms with Gasteiger partial charge in [-0.3, -0.25) is 19.7 Å². The van der Waals surface area contributed by atoms with Gasteiger partial charge in [0.25, 0.3) is 0 Å². The molecule has 0 aliphatic heterocycles. The number of carbonyl (C=O) groups is 2. The van der Waals surface area contributed by atoms with E-state index in [1.165, 1.54) is 13.8 Å². The summed E-state index contributed by atoms with van der Waals surface area (Å²) < 4.78 is 11.1. The topological polar surface area (TPSA) is 95.7 Å². The van der Waals surface area contributed by atoms with Crippen molar-refractivity contribution >= 4 is 23.5 Å². The van der Waals surface area contributed by atoms with Crippen LogP contribution in [0.1, 0.15) is 79.1 Å². The van der Waals surface area contributed by atoms with E-state index in [9.17, 15) is 19.7 Å². The number of hydrogen-bond donors (Lipinski definition) is 0. The largest absolute Gasteiger partial charge is 0.462 e. The third-order valence-electron chi connectivity index (χ3n) is 9.55. The van der Waals surface area contributed by atoms with E-state index in [4.69, 9.17) is 21.1 Å². The van der Waals surface area contributed by atoms with Crippen LogP contribution >= 0.6 is 11.6 Å². The first-order valence-electron chi connectivity index (χ1n) is 11.6. The van der Waals surface area contributed by atoms with Crippen molar-refractivity contribution in [2.45, 2.75) is 102 Å². The Morgan fingerprint density at radius 2 is 1.68 bits per heavy atom. The van der Waals surface area contributed by atoms with E-state index in [-0.39, 0.29) is 46.3 Å². The Hall–Kier alpha value is -1.37. The van der Waals surface area contributed by atoms with Gasteiger partial charge in [0.05, 0.1) is 0 Å². The van der Waals surface area contributed by atoms with E-state index in [0.717, 1.165) is 32.1 Å². The molecule has 4 saturated carbocycles. The van der Waals surface area contributed by atoms with Gasteiger partial charge in [0.15, 0.2) is 0 Å². The highest BCUT2D eigenvalue weighted by Crippen LogP contribution is 2.69. The first kappa shape index (κ1) is 22.8. The van der Waals surface area contributed by atoms with Crippen LogP contribution in [0.2, 0.25) is 0 Å². The minimum absolute atomic E-state index is 0.111. The average molecular weight is 456 g/mol. The van der Waals surface area contributed by atoms with Crippen molar-refractivity contribution in [3.05, 3.63) is 10.1 Å². The Bertz CT molecular complexity index is 790. The normalized spacial score (nSPS) is 48.7. The Morgan fingerprint density at radius 3 is 2.29 bits per heavy atom. The van der Waals surface area contributed by atoms with Crippen LogP contribution in [0, 0.1) is 38.7 Å². The lowest BCUT2D eigenvalue weighted by molar-refractivity contribution is -0.543. The number of carbonyl (C=O) groups excluding carboxylic acids is 2. The second-order valence-corrected chi connectivity index (χ2v) is 11.6. The van der Waals surface area contributed by atoms with Crippen LogP contribution in [0.25, 0.3) is 0 Å². The van der Waals surface area contributed by atoms with Crippen molar-refractivity contribution in [2.24, 2.45) is 28.6 Å². The molecular weight excluding hydrogens is 422 g/mol. The number of alkyl halides is 1. The summed E-state index contributed by atoms with van der Waals surface area (Å²) in [5, 5.41) is 12.3. The number of fused-ring (bicyclic) bond motifs is 5. The molecule has 174 valence electrons. The van der Waals surface area contributed by atoms with Gasteiger partial charge in [0, 0.05) is 37.0 Å². The summed E-state index contributed by atoms with van der Waals surface area (Å²) in [6.07, 6.45) is 5.34. The molecule has 0 amide bonds. The lowest BCUT2D eigenvalue weighted by Gasteiger charge is -2.63. The highest BCUT2D eigenvalue weighted by Gasteiger charge is 2.71. The van der Waals surface area contributed by atoms with Crippen LogP contribution in [-0.2, 0) is 19.1 Å². The highest BCUT2D eigenvalue weighted by atomic mass is 35.5. The Morgan fingerprint density at radius 1 is 1.00 bits per heavy atom. The summed E-state index contributed by atoms with van der Waals surface area (Å²) in [5.74, 6) is 0.153. The van der Waals surface area contributed by atoms with E-state index in [2.05, 4.69) is 13.8 Å². The summed E-state index contributed by atoms with van der Waals surface area (Å²) in [6, 6.07) is -0.881. The van der Waals surface area contributed by atoms with Crippen molar-refractivity contribution in [3.63, 3.8) is 0 Å². The van der Waals surface area contributed by atoms with Crippen molar-refractivity contribution < 1.29 is 24.0 Å². The van der Waals surface area contributed by atoms with E-state index >= 15 is 0 Å². The molecule has 0 heterocycles. The lowest BCUT2D eigenvalue weighted by atomic mass is 9.43. The molecule has 0 radical (unpaired) electrons. The first-order chi connectivity index (χ1) is 14.4. The molecule has 0 N–H and O–H groups in total. The number of nitro groups is 1. The van der Waals surface area contributed by atoms with E-state index in [0.29, 0.717) is 25.2 Å². The van der Waals surface area contributed by atoms with Gasteiger partial charge >= 0.3 is 11.9 Å². The molecule has 4 unspecified atom stereocenters. The zero-order chi connectivity index (χ0) is 22.8. The smallest absolute Gasteiger partial charge is 0.302 e. The van der Waals surface area contributed by atoms with Gasteiger partial charge in [0.2, 0.25) is 6.04 Å². The van der Waals surface area contributed by atoms with Crippen LogP contribution in [0.3, 0.4) is 0 Å².